The highest BCUT2D eigenvalue weighted by atomic mass is 16.7. The van der Waals surface area contributed by atoms with Gasteiger partial charge in [0.15, 0.2) is 6.29 Å². The summed E-state index contributed by atoms with van der Waals surface area (Å²) >= 11 is 0. The van der Waals surface area contributed by atoms with Gasteiger partial charge in [0.05, 0.1) is 13.2 Å². The second-order valence-electron chi connectivity index (χ2n) is 5.89. The molecule has 1 aliphatic rings. The number of carbonyl (C=O) groups excluding carboxylic acids is 1. The molecule has 1 aromatic rings. The zero-order valence-electron chi connectivity index (χ0n) is 13.7. The lowest BCUT2D eigenvalue weighted by Gasteiger charge is -2.42. The lowest BCUT2D eigenvalue weighted by Crippen LogP contribution is -2.64. The highest BCUT2D eigenvalue weighted by Gasteiger charge is 2.45. The first kappa shape index (κ1) is 18.8. The average molecular weight is 339 g/mol. The van der Waals surface area contributed by atoms with Gasteiger partial charge in [-0.2, -0.15) is 0 Å². The maximum Gasteiger partial charge on any atom is 0.217 e. The molecule has 0 radical (unpaired) electrons. The van der Waals surface area contributed by atoms with E-state index in [9.17, 15) is 20.1 Å². The van der Waals surface area contributed by atoms with E-state index in [0.29, 0.717) is 6.61 Å². The summed E-state index contributed by atoms with van der Waals surface area (Å²) in [6, 6.07) is 9.05. The topological polar surface area (TPSA) is 108 Å². The molecule has 4 N–H and O–H groups in total. The first-order chi connectivity index (χ1) is 11.5. The van der Waals surface area contributed by atoms with Crippen LogP contribution in [0, 0.1) is 0 Å². The number of aliphatic hydroxyl groups excluding tert-OH is 3. The number of rotatable bonds is 7. The second-order valence-corrected chi connectivity index (χ2v) is 5.89. The van der Waals surface area contributed by atoms with Crippen LogP contribution in [-0.2, 0) is 20.7 Å². The largest absolute Gasteiger partial charge is 0.394 e. The molecule has 0 spiro atoms. The summed E-state index contributed by atoms with van der Waals surface area (Å²) in [6.45, 7) is 1.22. The minimum absolute atomic E-state index is 0.358. The van der Waals surface area contributed by atoms with E-state index in [2.05, 4.69) is 5.32 Å². The fourth-order valence-corrected chi connectivity index (χ4v) is 2.73. The van der Waals surface area contributed by atoms with E-state index in [0.717, 1.165) is 12.8 Å². The highest BCUT2D eigenvalue weighted by molar-refractivity contribution is 5.73. The smallest absolute Gasteiger partial charge is 0.217 e. The van der Waals surface area contributed by atoms with Crippen molar-refractivity contribution in [1.29, 1.82) is 0 Å². The highest BCUT2D eigenvalue weighted by Crippen LogP contribution is 2.22. The van der Waals surface area contributed by atoms with Gasteiger partial charge in [0.25, 0.3) is 0 Å². The zero-order valence-corrected chi connectivity index (χ0v) is 13.7. The first-order valence-corrected chi connectivity index (χ1v) is 8.08. The Labute approximate surface area is 141 Å². The molecule has 0 bridgehead atoms. The van der Waals surface area contributed by atoms with Gasteiger partial charge in [0.2, 0.25) is 5.91 Å². The quantitative estimate of drug-likeness (QED) is 0.503. The van der Waals surface area contributed by atoms with Crippen molar-refractivity contribution in [2.45, 2.75) is 50.4 Å². The molecule has 0 aliphatic carbocycles. The van der Waals surface area contributed by atoms with Crippen molar-refractivity contribution in [2.75, 3.05) is 13.2 Å². The third kappa shape index (κ3) is 4.99. The predicted octanol–water partition coefficient (Wildman–Crippen LogP) is -0.420. The molecule has 1 saturated heterocycles. The minimum atomic E-state index is -1.30. The standard InChI is InChI=1S/C17H25NO6/c1-11(20)18-14-16(22)15(21)13(10-19)24-17(14)23-9-5-8-12-6-3-2-4-7-12/h2-4,6-7,13-17,19,21-22H,5,8-10H2,1H3,(H,18,20)/t13-,14+,15+,16-,17-/m0/s1. The molecule has 7 nitrogen and oxygen atoms in total. The number of ether oxygens (including phenoxy) is 2. The summed E-state index contributed by atoms with van der Waals surface area (Å²) in [6.07, 6.45) is -2.90. The maximum atomic E-state index is 11.3. The van der Waals surface area contributed by atoms with E-state index in [4.69, 9.17) is 9.47 Å². The molecule has 1 fully saturated rings. The number of hydrogen-bond donors (Lipinski definition) is 4. The SMILES string of the molecule is CC(=O)N[C@H]1[C@@H](OCCCc2ccccc2)O[C@@H](CO)[C@@H](O)[C@H]1O. The van der Waals surface area contributed by atoms with Crippen molar-refractivity contribution in [3.05, 3.63) is 35.9 Å². The fraction of sp³-hybridized carbons (Fsp3) is 0.588. The van der Waals surface area contributed by atoms with E-state index in [1.807, 2.05) is 30.3 Å². The molecule has 2 rings (SSSR count). The predicted molar refractivity (Wildman–Crippen MR) is 86.1 cm³/mol. The molecule has 0 saturated carbocycles. The van der Waals surface area contributed by atoms with Gasteiger partial charge in [0.1, 0.15) is 24.4 Å². The Morgan fingerprint density at radius 3 is 2.58 bits per heavy atom. The Morgan fingerprint density at radius 1 is 1.25 bits per heavy atom. The van der Waals surface area contributed by atoms with Crippen LogP contribution in [0.25, 0.3) is 0 Å². The van der Waals surface area contributed by atoms with Crippen LogP contribution in [0.15, 0.2) is 30.3 Å². The van der Waals surface area contributed by atoms with Gasteiger partial charge in [-0.25, -0.2) is 0 Å². The van der Waals surface area contributed by atoms with Gasteiger partial charge in [-0.15, -0.1) is 0 Å². The van der Waals surface area contributed by atoms with Crippen LogP contribution in [0.3, 0.4) is 0 Å². The Hall–Kier alpha value is -1.51. The molecular weight excluding hydrogens is 314 g/mol. The van der Waals surface area contributed by atoms with E-state index in [1.54, 1.807) is 0 Å². The third-order valence-electron chi connectivity index (χ3n) is 3.99. The summed E-state index contributed by atoms with van der Waals surface area (Å²) in [5.41, 5.74) is 1.19. The monoisotopic (exact) mass is 339 g/mol. The molecule has 1 amide bonds. The van der Waals surface area contributed by atoms with Crippen LogP contribution in [0.1, 0.15) is 18.9 Å². The molecular formula is C17H25NO6. The van der Waals surface area contributed by atoms with Gasteiger partial charge >= 0.3 is 0 Å². The molecule has 1 aromatic carbocycles. The van der Waals surface area contributed by atoms with Crippen molar-refractivity contribution < 1.29 is 29.6 Å². The third-order valence-corrected chi connectivity index (χ3v) is 3.99. The van der Waals surface area contributed by atoms with E-state index >= 15 is 0 Å². The lowest BCUT2D eigenvalue weighted by molar-refractivity contribution is -0.270. The Kier molecular flexibility index (Phi) is 7.14. The van der Waals surface area contributed by atoms with E-state index in [1.165, 1.54) is 12.5 Å². The van der Waals surface area contributed by atoms with Crippen molar-refractivity contribution >= 4 is 5.91 Å². The Morgan fingerprint density at radius 2 is 1.96 bits per heavy atom. The lowest BCUT2D eigenvalue weighted by atomic mass is 9.97. The number of carbonyl (C=O) groups is 1. The average Bonchev–Trinajstić information content (AvgIpc) is 2.58. The molecule has 1 heterocycles. The molecule has 5 atom stereocenters. The molecule has 7 heteroatoms. The molecule has 134 valence electrons. The summed E-state index contributed by atoms with van der Waals surface area (Å²) < 4.78 is 11.1. The minimum Gasteiger partial charge on any atom is -0.394 e. The van der Waals surface area contributed by atoms with Crippen LogP contribution < -0.4 is 5.32 Å². The van der Waals surface area contributed by atoms with Crippen LogP contribution in [-0.4, -0.2) is 65.1 Å². The molecule has 0 aromatic heterocycles. The summed E-state index contributed by atoms with van der Waals surface area (Å²) in [4.78, 5) is 11.3. The van der Waals surface area contributed by atoms with Gasteiger partial charge < -0.3 is 30.1 Å². The zero-order chi connectivity index (χ0) is 17.5. The number of hydrogen-bond acceptors (Lipinski definition) is 6. The van der Waals surface area contributed by atoms with E-state index in [-0.39, 0.29) is 5.91 Å². The number of nitrogens with one attached hydrogen (secondary N) is 1. The van der Waals surface area contributed by atoms with Gasteiger partial charge in [-0.1, -0.05) is 30.3 Å². The van der Waals surface area contributed by atoms with Crippen molar-refractivity contribution in [1.82, 2.24) is 5.32 Å². The Bertz CT molecular complexity index is 511. The van der Waals surface area contributed by atoms with E-state index < -0.39 is 37.3 Å². The van der Waals surface area contributed by atoms with Gasteiger partial charge in [0, 0.05) is 6.92 Å². The normalized spacial score (nSPS) is 30.1. The summed E-state index contributed by atoms with van der Waals surface area (Å²) in [5.74, 6) is -0.366. The Balaban J connectivity index is 1.90. The van der Waals surface area contributed by atoms with Crippen LogP contribution >= 0.6 is 0 Å². The van der Waals surface area contributed by atoms with Crippen LogP contribution in [0.2, 0.25) is 0 Å². The molecule has 1 aliphatic heterocycles. The molecule has 0 unspecified atom stereocenters. The second kappa shape index (κ2) is 9.10. The summed E-state index contributed by atoms with van der Waals surface area (Å²) in [7, 11) is 0. The van der Waals surface area contributed by atoms with Crippen molar-refractivity contribution in [2.24, 2.45) is 0 Å². The summed E-state index contributed by atoms with van der Waals surface area (Å²) in [5, 5.41) is 31.9. The number of aliphatic hydroxyl groups is 3. The first-order valence-electron chi connectivity index (χ1n) is 8.08. The molecule has 24 heavy (non-hydrogen) atoms. The number of amides is 1. The maximum absolute atomic E-state index is 11.3. The van der Waals surface area contributed by atoms with Gasteiger partial charge in [-0.05, 0) is 18.4 Å². The van der Waals surface area contributed by atoms with Crippen molar-refractivity contribution in [3.8, 4) is 0 Å². The number of benzene rings is 1. The van der Waals surface area contributed by atoms with Crippen LogP contribution in [0.4, 0.5) is 0 Å². The van der Waals surface area contributed by atoms with Crippen molar-refractivity contribution in [3.63, 3.8) is 0 Å². The van der Waals surface area contributed by atoms with Gasteiger partial charge in [-0.3, -0.25) is 4.79 Å². The number of aryl methyl sites for hydroxylation is 1. The fourth-order valence-electron chi connectivity index (χ4n) is 2.73. The van der Waals surface area contributed by atoms with Crippen LogP contribution in [0.5, 0.6) is 0 Å².